The predicted octanol–water partition coefficient (Wildman–Crippen LogP) is 4.10. The molecular weight excluding hydrogens is 596 g/mol. The maximum atomic E-state index is 14.3. The quantitative estimate of drug-likeness (QED) is 0.186. The van der Waals surface area contributed by atoms with Gasteiger partial charge in [0.1, 0.15) is 23.7 Å². The number of ether oxygens (including phenoxy) is 1. The molecule has 2 fully saturated rings. The number of urea groups is 1. The molecule has 0 aliphatic carbocycles. The van der Waals surface area contributed by atoms with E-state index in [2.05, 4.69) is 5.32 Å². The van der Waals surface area contributed by atoms with Crippen molar-refractivity contribution in [3.8, 4) is 11.5 Å². The summed E-state index contributed by atoms with van der Waals surface area (Å²) in [5.74, 6) is 0.259. The maximum absolute atomic E-state index is 14.3. The van der Waals surface area contributed by atoms with Gasteiger partial charge in [-0.15, -0.1) is 0 Å². The Labute approximate surface area is 274 Å². The highest BCUT2D eigenvalue weighted by atomic mass is 16.5. The molecule has 4 aromatic rings. The summed E-state index contributed by atoms with van der Waals surface area (Å²) < 4.78 is 5.24. The van der Waals surface area contributed by atoms with Gasteiger partial charge in [0.2, 0.25) is 11.8 Å². The number of nitrogen functional groups attached to an aromatic ring is 1. The number of aromatic hydroxyl groups is 1. The minimum Gasteiger partial charge on any atom is -0.506 e. The second-order valence-electron chi connectivity index (χ2n) is 12.3. The van der Waals surface area contributed by atoms with Crippen LogP contribution in [0, 0.1) is 0 Å². The largest absolute Gasteiger partial charge is 0.506 e. The van der Waals surface area contributed by atoms with E-state index in [1.165, 1.54) is 6.07 Å². The van der Waals surface area contributed by atoms with Gasteiger partial charge in [0.15, 0.2) is 0 Å². The highest BCUT2D eigenvalue weighted by Crippen LogP contribution is 2.32. The Morgan fingerprint density at radius 3 is 2.47 bits per heavy atom. The van der Waals surface area contributed by atoms with Crippen LogP contribution in [0.25, 0.3) is 10.8 Å². The number of amides is 4. The number of phenolic OH excluding ortho intramolecular Hbond substituents is 1. The lowest BCUT2D eigenvalue weighted by Gasteiger charge is -2.47. The van der Waals surface area contributed by atoms with Crippen molar-refractivity contribution in [2.75, 3.05) is 25.9 Å². The van der Waals surface area contributed by atoms with Crippen LogP contribution in [0.1, 0.15) is 30.5 Å². The molecule has 0 bridgehead atoms. The Morgan fingerprint density at radius 2 is 1.74 bits per heavy atom. The number of hydrogen-bond donors (Lipinski definition) is 3. The molecule has 0 unspecified atom stereocenters. The molecule has 2 atom stereocenters. The number of fused-ring (bicyclic) bond motifs is 2. The molecule has 2 saturated heterocycles. The molecule has 244 valence electrons. The van der Waals surface area contributed by atoms with Crippen molar-refractivity contribution < 1.29 is 24.2 Å². The van der Waals surface area contributed by atoms with Crippen LogP contribution in [-0.2, 0) is 29.1 Å². The summed E-state index contributed by atoms with van der Waals surface area (Å²) in [6.45, 7) is 4.60. The lowest BCUT2D eigenvalue weighted by atomic mass is 9.98. The zero-order valence-electron chi connectivity index (χ0n) is 26.8. The normalized spacial score (nSPS) is 18.1. The van der Waals surface area contributed by atoms with Gasteiger partial charge in [-0.2, -0.15) is 5.01 Å². The molecular formula is C36H40N6O5. The molecule has 0 saturated carbocycles. The van der Waals surface area contributed by atoms with Crippen molar-refractivity contribution in [2.45, 2.75) is 51.6 Å². The fourth-order valence-corrected chi connectivity index (χ4v) is 6.60. The summed E-state index contributed by atoms with van der Waals surface area (Å²) in [6.07, 6.45) is -0.375. The first kappa shape index (κ1) is 31.7. The second kappa shape index (κ2) is 13.2. The average molecular weight is 637 g/mol. The van der Waals surface area contributed by atoms with Crippen molar-refractivity contribution >= 4 is 34.3 Å². The molecule has 2 aliphatic rings. The van der Waals surface area contributed by atoms with Crippen molar-refractivity contribution in [3.05, 3.63) is 102 Å². The molecule has 4 N–H and O–H groups in total. The van der Waals surface area contributed by atoms with Gasteiger partial charge in [-0.25, -0.2) is 4.79 Å². The van der Waals surface area contributed by atoms with Gasteiger partial charge in [0, 0.05) is 25.6 Å². The van der Waals surface area contributed by atoms with Crippen molar-refractivity contribution in [3.63, 3.8) is 0 Å². The first-order valence-electron chi connectivity index (χ1n) is 15.7. The van der Waals surface area contributed by atoms with Gasteiger partial charge < -0.3 is 30.7 Å². The fraction of sp³-hybridized carbons (Fsp3) is 0.306. The second-order valence-corrected chi connectivity index (χ2v) is 12.3. The van der Waals surface area contributed by atoms with Crippen molar-refractivity contribution in [2.24, 2.45) is 0 Å². The Morgan fingerprint density at radius 1 is 1.02 bits per heavy atom. The molecule has 6 rings (SSSR count). The maximum Gasteiger partial charge on any atom is 0.332 e. The highest BCUT2D eigenvalue weighted by Gasteiger charge is 2.52. The lowest BCUT2D eigenvalue weighted by Crippen LogP contribution is -2.66. The standard InChI is InChI=1S/C36H40N6O5/c1-23(2)42(36(46)38-19-24-11-14-28(47-3)15-12-24)40-22-34(44)41-31(18-25-13-16-32(43)30(37)17-25)35(45)39(21-33(40)41)20-27-9-6-8-26-7-4-5-10-29(26)27/h4-17,23,31,33,43H,18-22,37H2,1-3H3,(H,38,46)/t31-,33+/m0/s1. The molecule has 2 aliphatic heterocycles. The highest BCUT2D eigenvalue weighted by molar-refractivity contribution is 5.92. The third-order valence-corrected chi connectivity index (χ3v) is 8.91. The summed E-state index contributed by atoms with van der Waals surface area (Å²) in [5.41, 5.74) is 8.81. The van der Waals surface area contributed by atoms with Gasteiger partial charge in [0.25, 0.3) is 0 Å². The lowest BCUT2D eigenvalue weighted by molar-refractivity contribution is -0.158. The van der Waals surface area contributed by atoms with E-state index in [9.17, 15) is 19.5 Å². The van der Waals surface area contributed by atoms with E-state index in [1.807, 2.05) is 80.6 Å². The molecule has 47 heavy (non-hydrogen) atoms. The number of nitrogens with two attached hydrogens (primary N) is 1. The number of anilines is 1. The molecule has 0 aromatic heterocycles. The minimum absolute atomic E-state index is 0.0455. The number of phenols is 1. The number of methoxy groups -OCH3 is 1. The first-order valence-corrected chi connectivity index (χ1v) is 15.7. The van der Waals surface area contributed by atoms with E-state index in [0.717, 1.165) is 27.6 Å². The molecule has 4 amide bonds. The predicted molar refractivity (Wildman–Crippen MR) is 179 cm³/mol. The number of nitrogens with zero attached hydrogens (tertiary/aromatic N) is 4. The minimum atomic E-state index is -0.832. The van der Waals surface area contributed by atoms with Crippen LogP contribution in [0.2, 0.25) is 0 Å². The van der Waals surface area contributed by atoms with Crippen LogP contribution in [0.5, 0.6) is 11.5 Å². The number of carbonyl (C=O) groups excluding carboxylic acids is 3. The van der Waals surface area contributed by atoms with Crippen molar-refractivity contribution in [1.29, 1.82) is 0 Å². The summed E-state index contributed by atoms with van der Waals surface area (Å²) in [5, 5.41) is 18.5. The fourth-order valence-electron chi connectivity index (χ4n) is 6.60. The topological polar surface area (TPSA) is 132 Å². The van der Waals surface area contributed by atoms with Gasteiger partial charge in [0.05, 0.1) is 25.9 Å². The number of hydrazine groups is 1. The third kappa shape index (κ3) is 6.39. The van der Waals surface area contributed by atoms with E-state index < -0.39 is 12.2 Å². The number of nitrogens with one attached hydrogen (secondary N) is 1. The monoisotopic (exact) mass is 636 g/mol. The Balaban J connectivity index is 1.31. The van der Waals surface area contributed by atoms with Gasteiger partial charge in [-0.05, 0) is 65.6 Å². The first-order chi connectivity index (χ1) is 22.6. The van der Waals surface area contributed by atoms with Gasteiger partial charge in [-0.3, -0.25) is 14.6 Å². The molecule has 0 spiro atoms. The SMILES string of the molecule is COc1ccc(CNC(=O)N(C(C)C)N2CC(=O)N3[C@@H](Cc4ccc(O)c(N)c4)C(=O)N(Cc4cccc5ccccc45)C[C@@H]32)cc1. The van der Waals surface area contributed by atoms with E-state index in [4.69, 9.17) is 10.5 Å². The molecule has 2 heterocycles. The number of benzene rings is 4. The van der Waals surface area contributed by atoms with E-state index in [0.29, 0.717) is 18.7 Å². The number of hydrogen-bond acceptors (Lipinski definition) is 7. The van der Waals surface area contributed by atoms with Crippen LogP contribution in [0.3, 0.4) is 0 Å². The zero-order chi connectivity index (χ0) is 33.2. The van der Waals surface area contributed by atoms with Crippen LogP contribution < -0.4 is 15.8 Å². The van der Waals surface area contributed by atoms with Gasteiger partial charge >= 0.3 is 6.03 Å². The number of carbonyl (C=O) groups is 3. The summed E-state index contributed by atoms with van der Waals surface area (Å²) in [4.78, 5) is 45.3. The molecule has 0 radical (unpaired) electrons. The van der Waals surface area contributed by atoms with Crippen LogP contribution in [0.4, 0.5) is 10.5 Å². The number of rotatable bonds is 9. The van der Waals surface area contributed by atoms with Crippen LogP contribution in [0.15, 0.2) is 84.9 Å². The molecule has 11 nitrogen and oxygen atoms in total. The van der Waals surface area contributed by atoms with E-state index in [-0.39, 0.29) is 54.8 Å². The summed E-state index contributed by atoms with van der Waals surface area (Å²) >= 11 is 0. The summed E-state index contributed by atoms with van der Waals surface area (Å²) in [7, 11) is 1.60. The Kier molecular flexibility index (Phi) is 8.91. The average Bonchev–Trinajstić information content (AvgIpc) is 3.38. The Hall–Kier alpha value is -5.29. The van der Waals surface area contributed by atoms with Gasteiger partial charge in [-0.1, -0.05) is 60.7 Å². The van der Waals surface area contributed by atoms with Crippen LogP contribution >= 0.6 is 0 Å². The zero-order valence-corrected chi connectivity index (χ0v) is 26.8. The molecule has 11 heteroatoms. The third-order valence-electron chi connectivity index (χ3n) is 8.91. The van der Waals surface area contributed by atoms with Crippen molar-refractivity contribution in [1.82, 2.24) is 25.1 Å². The summed E-state index contributed by atoms with van der Waals surface area (Å²) in [6, 6.07) is 24.9. The Bertz CT molecular complexity index is 1790. The van der Waals surface area contributed by atoms with Crippen LogP contribution in [-0.4, -0.2) is 81.2 Å². The van der Waals surface area contributed by atoms with E-state index >= 15 is 0 Å². The smallest absolute Gasteiger partial charge is 0.332 e. The molecule has 4 aromatic carbocycles. The number of piperazine rings is 1. The van der Waals surface area contributed by atoms with E-state index in [1.54, 1.807) is 39.1 Å².